The van der Waals surface area contributed by atoms with Gasteiger partial charge in [0.25, 0.3) is 5.91 Å². The number of hydrogen-bond acceptors (Lipinski definition) is 3. The molecule has 1 aromatic carbocycles. The van der Waals surface area contributed by atoms with E-state index in [4.69, 9.17) is 0 Å². The molecule has 0 spiro atoms. The average Bonchev–Trinajstić information content (AvgIpc) is 2.95. The highest BCUT2D eigenvalue weighted by atomic mass is 16.2. The van der Waals surface area contributed by atoms with Crippen molar-refractivity contribution in [3.05, 3.63) is 46.8 Å². The van der Waals surface area contributed by atoms with Gasteiger partial charge >= 0.3 is 0 Å². The number of carbonyl (C=O) groups is 2. The summed E-state index contributed by atoms with van der Waals surface area (Å²) in [5, 5.41) is 7.37. The van der Waals surface area contributed by atoms with E-state index in [1.807, 2.05) is 27.7 Å². The summed E-state index contributed by atoms with van der Waals surface area (Å²) in [5.41, 5.74) is 4.31. The normalized spacial score (nSPS) is 11.1. The van der Waals surface area contributed by atoms with Gasteiger partial charge in [0.05, 0.1) is 5.69 Å². The van der Waals surface area contributed by atoms with Crippen molar-refractivity contribution < 1.29 is 9.59 Å². The highest BCUT2D eigenvalue weighted by Crippen LogP contribution is 2.19. The van der Waals surface area contributed by atoms with Gasteiger partial charge in [-0.1, -0.05) is 46.5 Å². The van der Waals surface area contributed by atoms with Crippen molar-refractivity contribution in [2.24, 2.45) is 5.92 Å². The molecule has 0 saturated carbocycles. The van der Waals surface area contributed by atoms with E-state index < -0.39 is 0 Å². The van der Waals surface area contributed by atoms with Crippen molar-refractivity contribution in [3.63, 3.8) is 0 Å². The van der Waals surface area contributed by atoms with Gasteiger partial charge in [0.1, 0.15) is 0 Å². The maximum absolute atomic E-state index is 12.9. The van der Waals surface area contributed by atoms with E-state index in [0.29, 0.717) is 23.6 Å². The van der Waals surface area contributed by atoms with Gasteiger partial charge in [0.15, 0.2) is 0 Å². The maximum Gasteiger partial charge on any atom is 0.278 e. The summed E-state index contributed by atoms with van der Waals surface area (Å²) in [6.45, 7) is 10.2. The Labute approximate surface area is 174 Å². The molecule has 1 heterocycles. The Balaban J connectivity index is 2.04. The van der Waals surface area contributed by atoms with Crippen molar-refractivity contribution in [2.45, 2.75) is 79.6 Å². The molecule has 5 heteroatoms. The maximum atomic E-state index is 12.9. The van der Waals surface area contributed by atoms with Gasteiger partial charge in [-0.15, -0.1) is 0 Å². The first-order chi connectivity index (χ1) is 13.8. The fourth-order valence-corrected chi connectivity index (χ4v) is 3.54. The Hall–Kier alpha value is -2.43. The van der Waals surface area contributed by atoms with Crippen LogP contribution in [0.3, 0.4) is 0 Å². The topological polar surface area (TPSA) is 64.0 Å². The smallest absolute Gasteiger partial charge is 0.278 e. The SMILES string of the molecule is CCCCCCCc1c(C)nn(C(=O)c2ccc(NC(=O)CC(C)C)cc2)c1C. The molecule has 0 aliphatic heterocycles. The van der Waals surface area contributed by atoms with Gasteiger partial charge in [0.2, 0.25) is 5.91 Å². The van der Waals surface area contributed by atoms with Crippen LogP contribution in [0.5, 0.6) is 0 Å². The van der Waals surface area contributed by atoms with Gasteiger partial charge in [0, 0.05) is 23.4 Å². The Morgan fingerprint density at radius 2 is 1.69 bits per heavy atom. The first-order valence-electron chi connectivity index (χ1n) is 10.8. The molecule has 1 aromatic heterocycles. The van der Waals surface area contributed by atoms with Crippen LogP contribution in [-0.4, -0.2) is 21.6 Å². The zero-order valence-electron chi connectivity index (χ0n) is 18.5. The number of benzene rings is 1. The summed E-state index contributed by atoms with van der Waals surface area (Å²) in [4.78, 5) is 24.8. The minimum absolute atomic E-state index is 0.0128. The van der Waals surface area contributed by atoms with E-state index >= 15 is 0 Å². The van der Waals surface area contributed by atoms with Gasteiger partial charge in [-0.2, -0.15) is 5.10 Å². The molecule has 158 valence electrons. The van der Waals surface area contributed by atoms with Gasteiger partial charge in [-0.3, -0.25) is 9.59 Å². The number of aryl methyl sites for hydroxylation is 1. The fourth-order valence-electron chi connectivity index (χ4n) is 3.54. The quantitative estimate of drug-likeness (QED) is 0.524. The Bertz CT molecular complexity index is 819. The molecular weight excluding hydrogens is 362 g/mol. The standard InChI is InChI=1S/C24H35N3O2/c1-6-7-8-9-10-11-22-18(4)26-27(19(22)5)24(29)20-12-14-21(15-13-20)25-23(28)16-17(2)3/h12-15,17H,6-11,16H2,1-5H3,(H,25,28). The number of unbranched alkanes of at least 4 members (excludes halogenated alkanes) is 4. The molecule has 2 aromatic rings. The lowest BCUT2D eigenvalue weighted by Gasteiger charge is -2.08. The number of amides is 1. The highest BCUT2D eigenvalue weighted by Gasteiger charge is 2.18. The van der Waals surface area contributed by atoms with E-state index in [-0.39, 0.29) is 11.8 Å². The van der Waals surface area contributed by atoms with Crippen molar-refractivity contribution >= 4 is 17.5 Å². The summed E-state index contributed by atoms with van der Waals surface area (Å²) in [6.07, 6.45) is 7.58. The molecule has 29 heavy (non-hydrogen) atoms. The number of carbonyl (C=O) groups excluding carboxylic acids is 2. The molecular formula is C24H35N3O2. The molecule has 0 unspecified atom stereocenters. The summed E-state index contributed by atoms with van der Waals surface area (Å²) >= 11 is 0. The molecule has 0 saturated heterocycles. The third-order valence-electron chi connectivity index (χ3n) is 5.17. The lowest BCUT2D eigenvalue weighted by atomic mass is 10.0. The van der Waals surface area contributed by atoms with E-state index in [0.717, 1.165) is 24.2 Å². The minimum Gasteiger partial charge on any atom is -0.326 e. The number of anilines is 1. The Morgan fingerprint density at radius 1 is 1.03 bits per heavy atom. The molecule has 5 nitrogen and oxygen atoms in total. The zero-order valence-corrected chi connectivity index (χ0v) is 18.5. The third-order valence-corrected chi connectivity index (χ3v) is 5.17. The number of nitrogens with zero attached hydrogens (tertiary/aromatic N) is 2. The van der Waals surface area contributed by atoms with Crippen LogP contribution in [0.15, 0.2) is 24.3 Å². The molecule has 0 aliphatic rings. The predicted octanol–water partition coefficient (Wildman–Crippen LogP) is 5.69. The van der Waals surface area contributed by atoms with E-state index in [1.54, 1.807) is 24.3 Å². The van der Waals surface area contributed by atoms with E-state index in [1.165, 1.54) is 35.9 Å². The van der Waals surface area contributed by atoms with Crippen LogP contribution in [0.25, 0.3) is 0 Å². The molecule has 0 radical (unpaired) electrons. The lowest BCUT2D eigenvalue weighted by molar-refractivity contribution is -0.116. The molecule has 1 N–H and O–H groups in total. The van der Waals surface area contributed by atoms with Crippen LogP contribution in [0.1, 0.15) is 86.6 Å². The largest absolute Gasteiger partial charge is 0.326 e. The van der Waals surface area contributed by atoms with Crippen LogP contribution in [-0.2, 0) is 11.2 Å². The van der Waals surface area contributed by atoms with Crippen molar-refractivity contribution in [1.82, 2.24) is 9.78 Å². The van der Waals surface area contributed by atoms with Crippen molar-refractivity contribution in [1.29, 1.82) is 0 Å². The molecule has 1 amide bonds. The van der Waals surface area contributed by atoms with Gasteiger partial charge in [-0.05, 0) is 62.4 Å². The molecule has 0 atom stereocenters. The summed E-state index contributed by atoms with van der Waals surface area (Å²) in [7, 11) is 0. The Kier molecular flexibility index (Phi) is 8.62. The number of nitrogens with one attached hydrogen (secondary N) is 1. The summed E-state index contributed by atoms with van der Waals surface area (Å²) < 4.78 is 1.52. The Morgan fingerprint density at radius 3 is 2.31 bits per heavy atom. The monoisotopic (exact) mass is 397 g/mol. The molecule has 0 aliphatic carbocycles. The van der Waals surface area contributed by atoms with Crippen LogP contribution in [0.2, 0.25) is 0 Å². The second kappa shape index (κ2) is 10.9. The molecule has 0 bridgehead atoms. The van der Waals surface area contributed by atoms with Crippen LogP contribution < -0.4 is 5.32 Å². The number of hydrogen-bond donors (Lipinski definition) is 1. The van der Waals surface area contributed by atoms with Crippen LogP contribution in [0, 0.1) is 19.8 Å². The minimum atomic E-state index is -0.136. The lowest BCUT2D eigenvalue weighted by Crippen LogP contribution is -2.16. The predicted molar refractivity (Wildman–Crippen MR) is 118 cm³/mol. The second-order valence-electron chi connectivity index (χ2n) is 8.25. The number of aromatic nitrogens is 2. The first-order valence-corrected chi connectivity index (χ1v) is 10.8. The van der Waals surface area contributed by atoms with Crippen molar-refractivity contribution in [3.8, 4) is 0 Å². The van der Waals surface area contributed by atoms with Crippen molar-refractivity contribution in [2.75, 3.05) is 5.32 Å². The first kappa shape index (κ1) is 22.9. The van der Waals surface area contributed by atoms with Crippen LogP contribution in [0.4, 0.5) is 5.69 Å². The van der Waals surface area contributed by atoms with Gasteiger partial charge in [-0.25, -0.2) is 4.68 Å². The summed E-state index contributed by atoms with van der Waals surface area (Å²) in [5.74, 6) is 0.159. The van der Waals surface area contributed by atoms with E-state index in [2.05, 4.69) is 17.3 Å². The molecule has 2 rings (SSSR count). The third kappa shape index (κ3) is 6.55. The molecule has 0 fully saturated rings. The van der Waals surface area contributed by atoms with E-state index in [9.17, 15) is 9.59 Å². The summed E-state index contributed by atoms with van der Waals surface area (Å²) in [6, 6.07) is 7.03. The van der Waals surface area contributed by atoms with Crippen LogP contribution >= 0.6 is 0 Å². The fraction of sp³-hybridized carbons (Fsp3) is 0.542. The highest BCUT2D eigenvalue weighted by molar-refractivity contribution is 5.97. The zero-order chi connectivity index (χ0) is 21.4. The second-order valence-corrected chi connectivity index (χ2v) is 8.25. The average molecular weight is 398 g/mol. The number of rotatable bonds is 10. The van der Waals surface area contributed by atoms with Gasteiger partial charge < -0.3 is 5.32 Å².